The van der Waals surface area contributed by atoms with E-state index in [-0.39, 0.29) is 5.78 Å². The van der Waals surface area contributed by atoms with Crippen LogP contribution in [0.1, 0.15) is 21.5 Å². The number of anilines is 1. The second-order valence-corrected chi connectivity index (χ2v) is 8.60. The van der Waals surface area contributed by atoms with E-state index in [1.807, 2.05) is 78.5 Å². The molecule has 0 aliphatic heterocycles. The largest absolute Gasteiger partial charge is 0.493 e. The normalized spacial score (nSPS) is 11.2. The zero-order chi connectivity index (χ0) is 27.9. The first-order chi connectivity index (χ1) is 18.9. The third-order valence-electron chi connectivity index (χ3n) is 6.33. The van der Waals surface area contributed by atoms with Crippen LogP contribution in [0.2, 0.25) is 0 Å². The SMILES string of the molecule is COc1cc(C=Cc2cc(OC)c(OC)c(OC)c2)c(N/C=C\C(=O)c2cn(C)c3ccccc23)cc1OC. The molecule has 1 aromatic heterocycles. The Balaban J connectivity index is 1.65. The number of para-hydroxylation sites is 1. The third kappa shape index (κ3) is 5.70. The number of aryl methyl sites for hydroxylation is 1. The van der Waals surface area contributed by atoms with E-state index in [1.165, 1.54) is 6.08 Å². The minimum atomic E-state index is -0.103. The van der Waals surface area contributed by atoms with Crippen LogP contribution in [-0.4, -0.2) is 45.9 Å². The molecule has 4 aromatic rings. The fraction of sp³-hybridized carbons (Fsp3) is 0.194. The van der Waals surface area contributed by atoms with Crippen LogP contribution in [0.4, 0.5) is 5.69 Å². The van der Waals surface area contributed by atoms with Crippen molar-refractivity contribution in [2.45, 2.75) is 0 Å². The van der Waals surface area contributed by atoms with E-state index in [1.54, 1.807) is 41.7 Å². The maximum atomic E-state index is 13.0. The molecule has 0 bridgehead atoms. The number of allylic oxidation sites excluding steroid dienone is 1. The fourth-order valence-corrected chi connectivity index (χ4v) is 4.38. The number of ether oxygens (including phenoxy) is 5. The highest BCUT2D eigenvalue weighted by Gasteiger charge is 2.14. The van der Waals surface area contributed by atoms with Gasteiger partial charge in [0.1, 0.15) is 0 Å². The lowest BCUT2D eigenvalue weighted by molar-refractivity contribution is 0.104. The molecule has 39 heavy (non-hydrogen) atoms. The van der Waals surface area contributed by atoms with Gasteiger partial charge < -0.3 is 33.6 Å². The van der Waals surface area contributed by atoms with Crippen molar-refractivity contribution in [1.29, 1.82) is 0 Å². The number of hydrogen-bond acceptors (Lipinski definition) is 7. The topological polar surface area (TPSA) is 80.2 Å². The van der Waals surface area contributed by atoms with Crippen LogP contribution >= 0.6 is 0 Å². The van der Waals surface area contributed by atoms with Gasteiger partial charge in [0.25, 0.3) is 0 Å². The molecule has 0 saturated carbocycles. The van der Waals surface area contributed by atoms with Crippen molar-refractivity contribution in [2.75, 3.05) is 40.9 Å². The Kier molecular flexibility index (Phi) is 8.46. The van der Waals surface area contributed by atoms with Crippen LogP contribution in [0.25, 0.3) is 23.1 Å². The van der Waals surface area contributed by atoms with Crippen molar-refractivity contribution in [3.8, 4) is 28.7 Å². The van der Waals surface area contributed by atoms with Gasteiger partial charge in [0.15, 0.2) is 28.8 Å². The molecule has 1 N–H and O–H groups in total. The monoisotopic (exact) mass is 528 g/mol. The predicted octanol–water partition coefficient (Wildman–Crippen LogP) is 6.20. The molecule has 0 amide bonds. The first kappa shape index (κ1) is 27.2. The summed E-state index contributed by atoms with van der Waals surface area (Å²) >= 11 is 0. The molecule has 1 heterocycles. The van der Waals surface area contributed by atoms with Gasteiger partial charge in [0.05, 0.1) is 35.5 Å². The summed E-state index contributed by atoms with van der Waals surface area (Å²) in [7, 11) is 9.81. The van der Waals surface area contributed by atoms with Crippen molar-refractivity contribution in [3.05, 3.63) is 83.7 Å². The van der Waals surface area contributed by atoms with Crippen LogP contribution < -0.4 is 29.0 Å². The van der Waals surface area contributed by atoms with Crippen molar-refractivity contribution in [2.24, 2.45) is 7.05 Å². The first-order valence-electron chi connectivity index (χ1n) is 12.2. The molecule has 0 aliphatic rings. The highest BCUT2D eigenvalue weighted by molar-refractivity contribution is 6.13. The summed E-state index contributed by atoms with van der Waals surface area (Å²) in [5, 5.41) is 4.14. The summed E-state index contributed by atoms with van der Waals surface area (Å²) in [6.07, 6.45) is 8.83. The molecule has 0 spiro atoms. The van der Waals surface area contributed by atoms with Crippen LogP contribution in [-0.2, 0) is 7.05 Å². The minimum Gasteiger partial charge on any atom is -0.493 e. The summed E-state index contributed by atoms with van der Waals surface area (Å²) in [5.74, 6) is 2.65. The van der Waals surface area contributed by atoms with Crippen molar-refractivity contribution in [1.82, 2.24) is 4.57 Å². The smallest absolute Gasteiger partial charge is 0.203 e. The van der Waals surface area contributed by atoms with Gasteiger partial charge >= 0.3 is 0 Å². The van der Waals surface area contributed by atoms with Crippen molar-refractivity contribution in [3.63, 3.8) is 0 Å². The number of methoxy groups -OCH3 is 5. The van der Waals surface area contributed by atoms with Gasteiger partial charge in [-0.1, -0.05) is 30.4 Å². The van der Waals surface area contributed by atoms with E-state index in [0.717, 1.165) is 27.7 Å². The van der Waals surface area contributed by atoms with E-state index in [9.17, 15) is 4.79 Å². The van der Waals surface area contributed by atoms with E-state index >= 15 is 0 Å². The van der Waals surface area contributed by atoms with Crippen LogP contribution in [0.3, 0.4) is 0 Å². The molecular weight excluding hydrogens is 496 g/mol. The number of hydrogen-bond donors (Lipinski definition) is 1. The summed E-state index contributed by atoms with van der Waals surface area (Å²) in [6.45, 7) is 0. The molecule has 0 atom stereocenters. The Bertz CT molecular complexity index is 1530. The van der Waals surface area contributed by atoms with Gasteiger partial charge in [0, 0.05) is 59.3 Å². The van der Waals surface area contributed by atoms with E-state index in [0.29, 0.717) is 34.3 Å². The number of benzene rings is 3. The number of nitrogens with zero attached hydrogens (tertiary/aromatic N) is 1. The van der Waals surface area contributed by atoms with Crippen molar-refractivity contribution >= 4 is 34.5 Å². The average molecular weight is 529 g/mol. The third-order valence-corrected chi connectivity index (χ3v) is 6.33. The number of rotatable bonds is 11. The molecule has 3 aromatic carbocycles. The van der Waals surface area contributed by atoms with Gasteiger partial charge in [-0.05, 0) is 29.8 Å². The molecule has 0 unspecified atom stereocenters. The molecule has 202 valence electrons. The van der Waals surface area contributed by atoms with Crippen molar-refractivity contribution < 1.29 is 28.5 Å². The zero-order valence-corrected chi connectivity index (χ0v) is 22.9. The van der Waals surface area contributed by atoms with Gasteiger partial charge in [-0.2, -0.15) is 0 Å². The van der Waals surface area contributed by atoms with Crippen LogP contribution in [0.5, 0.6) is 28.7 Å². The summed E-state index contributed by atoms with van der Waals surface area (Å²) in [4.78, 5) is 13.0. The molecular formula is C31H32N2O6. The fourth-order valence-electron chi connectivity index (χ4n) is 4.38. The quantitative estimate of drug-likeness (QED) is 0.141. The number of ketones is 1. The van der Waals surface area contributed by atoms with E-state index in [4.69, 9.17) is 23.7 Å². The number of carbonyl (C=O) groups excluding carboxylic acids is 1. The molecule has 0 radical (unpaired) electrons. The average Bonchev–Trinajstić information content (AvgIpc) is 3.31. The lowest BCUT2D eigenvalue weighted by Crippen LogP contribution is -1.99. The van der Waals surface area contributed by atoms with Gasteiger partial charge in [0.2, 0.25) is 5.75 Å². The number of carbonyl (C=O) groups is 1. The standard InChI is InChI=1S/C31H32N2O6/c1-33-19-23(22-9-7-8-10-25(22)33)26(34)13-14-32-24-18-28(36-3)27(35-2)17-21(24)12-11-20-15-29(37-4)31(39-6)30(16-20)38-5/h7-19,32H,1-6H3/b12-11?,14-13-. The molecule has 8 heteroatoms. The minimum absolute atomic E-state index is 0.103. The van der Waals surface area contributed by atoms with Gasteiger partial charge in [-0.15, -0.1) is 0 Å². The molecule has 0 fully saturated rings. The lowest BCUT2D eigenvalue weighted by Gasteiger charge is -2.14. The number of fused-ring (bicyclic) bond motifs is 1. The van der Waals surface area contributed by atoms with Crippen LogP contribution in [0, 0.1) is 0 Å². The summed E-state index contributed by atoms with van der Waals surface area (Å²) in [6, 6.07) is 15.2. The second kappa shape index (κ2) is 12.1. The zero-order valence-electron chi connectivity index (χ0n) is 22.9. The lowest BCUT2D eigenvalue weighted by atomic mass is 10.1. The molecule has 0 aliphatic carbocycles. The van der Waals surface area contributed by atoms with Gasteiger partial charge in [-0.3, -0.25) is 4.79 Å². The molecule has 8 nitrogen and oxygen atoms in total. The first-order valence-corrected chi connectivity index (χ1v) is 12.2. The number of aromatic nitrogens is 1. The Morgan fingerprint density at radius 3 is 2.08 bits per heavy atom. The van der Waals surface area contributed by atoms with Gasteiger partial charge in [-0.25, -0.2) is 0 Å². The van der Waals surface area contributed by atoms with Crippen LogP contribution in [0.15, 0.2) is 67.0 Å². The van der Waals surface area contributed by atoms with E-state index in [2.05, 4.69) is 5.32 Å². The second-order valence-electron chi connectivity index (χ2n) is 8.60. The Morgan fingerprint density at radius 1 is 0.795 bits per heavy atom. The van der Waals surface area contributed by atoms with E-state index < -0.39 is 0 Å². The molecule has 0 saturated heterocycles. The Labute approximate surface area is 228 Å². The molecule has 4 rings (SSSR count). The highest BCUT2D eigenvalue weighted by atomic mass is 16.5. The Hall–Kier alpha value is -4.85. The maximum Gasteiger partial charge on any atom is 0.203 e. The Morgan fingerprint density at radius 2 is 1.44 bits per heavy atom. The maximum absolute atomic E-state index is 13.0. The summed E-state index contributed by atoms with van der Waals surface area (Å²) in [5.41, 5.74) is 4.01. The highest BCUT2D eigenvalue weighted by Crippen LogP contribution is 2.39. The number of nitrogens with one attached hydrogen (secondary N) is 1. The predicted molar refractivity (Wildman–Crippen MR) is 155 cm³/mol. The summed E-state index contributed by atoms with van der Waals surface area (Å²) < 4.78 is 29.3.